The van der Waals surface area contributed by atoms with Gasteiger partial charge >= 0.3 is 0 Å². The predicted molar refractivity (Wildman–Crippen MR) is 88.6 cm³/mol. The molecule has 0 unspecified atom stereocenters. The molecule has 0 saturated carbocycles. The number of rotatable bonds is 9. The molecule has 20 heavy (non-hydrogen) atoms. The van der Waals surface area contributed by atoms with Crippen LogP contribution in [0, 0.1) is 5.92 Å². The van der Waals surface area contributed by atoms with Crippen molar-refractivity contribution in [3.05, 3.63) is 22.8 Å². The van der Waals surface area contributed by atoms with Crippen molar-refractivity contribution >= 4 is 17.4 Å². The molecule has 1 aromatic rings. The summed E-state index contributed by atoms with van der Waals surface area (Å²) in [6.07, 6.45) is 4.04. The van der Waals surface area contributed by atoms with Crippen molar-refractivity contribution in [1.82, 2.24) is 10.3 Å². The molecule has 4 heteroatoms. The number of anilines is 1. The first-order valence-electron chi connectivity index (χ1n) is 7.68. The summed E-state index contributed by atoms with van der Waals surface area (Å²) >= 11 is 6.25. The zero-order chi connectivity index (χ0) is 15.0. The van der Waals surface area contributed by atoms with E-state index < -0.39 is 0 Å². The molecule has 1 rings (SSSR count). The number of nitrogens with one attached hydrogen (secondary N) is 1. The maximum atomic E-state index is 6.25. The molecule has 1 N–H and O–H groups in total. The number of aromatic nitrogens is 1. The first-order valence-corrected chi connectivity index (χ1v) is 8.06. The highest BCUT2D eigenvalue weighted by Crippen LogP contribution is 2.21. The summed E-state index contributed by atoms with van der Waals surface area (Å²) in [4.78, 5) is 6.82. The van der Waals surface area contributed by atoms with Crippen LogP contribution in [0.15, 0.2) is 12.3 Å². The molecule has 0 aliphatic carbocycles. The van der Waals surface area contributed by atoms with Gasteiger partial charge in [0.1, 0.15) is 5.82 Å². The summed E-state index contributed by atoms with van der Waals surface area (Å²) in [7, 11) is 0. The minimum atomic E-state index is 0.645. The Kier molecular flexibility index (Phi) is 7.93. The van der Waals surface area contributed by atoms with E-state index >= 15 is 0 Å². The van der Waals surface area contributed by atoms with Gasteiger partial charge in [-0.1, -0.05) is 39.3 Å². The smallest absolute Gasteiger partial charge is 0.128 e. The molecule has 3 nitrogen and oxygen atoms in total. The van der Waals surface area contributed by atoms with Gasteiger partial charge in [-0.2, -0.15) is 0 Å². The van der Waals surface area contributed by atoms with Crippen molar-refractivity contribution in [3.8, 4) is 0 Å². The Balaban J connectivity index is 2.77. The highest BCUT2D eigenvalue weighted by atomic mass is 35.5. The molecule has 114 valence electrons. The molecule has 0 bridgehead atoms. The molecule has 0 atom stereocenters. The zero-order valence-corrected chi connectivity index (χ0v) is 14.0. The van der Waals surface area contributed by atoms with E-state index in [9.17, 15) is 0 Å². The topological polar surface area (TPSA) is 28.2 Å². The van der Waals surface area contributed by atoms with E-state index in [1.54, 1.807) is 6.20 Å². The Hall–Kier alpha value is -0.800. The van der Waals surface area contributed by atoms with Crippen LogP contribution in [0.4, 0.5) is 5.82 Å². The third kappa shape index (κ3) is 5.68. The first kappa shape index (κ1) is 17.3. The Morgan fingerprint density at radius 1 is 1.25 bits per heavy atom. The second-order valence-electron chi connectivity index (χ2n) is 5.65. The van der Waals surface area contributed by atoms with Gasteiger partial charge in [-0.3, -0.25) is 0 Å². The summed E-state index contributed by atoms with van der Waals surface area (Å²) in [5.41, 5.74) is 1.13. The van der Waals surface area contributed by atoms with E-state index in [0.717, 1.165) is 55.4 Å². The second kappa shape index (κ2) is 9.19. The fourth-order valence-electron chi connectivity index (χ4n) is 2.15. The lowest BCUT2D eigenvalue weighted by Gasteiger charge is -2.23. The average Bonchev–Trinajstić information content (AvgIpc) is 2.40. The van der Waals surface area contributed by atoms with E-state index in [1.165, 1.54) is 0 Å². The highest BCUT2D eigenvalue weighted by molar-refractivity contribution is 6.31. The third-order valence-electron chi connectivity index (χ3n) is 3.10. The van der Waals surface area contributed by atoms with Gasteiger partial charge in [0.15, 0.2) is 0 Å². The van der Waals surface area contributed by atoms with Crippen molar-refractivity contribution < 1.29 is 0 Å². The van der Waals surface area contributed by atoms with Crippen molar-refractivity contribution in [3.63, 3.8) is 0 Å². The van der Waals surface area contributed by atoms with Gasteiger partial charge in [0.2, 0.25) is 0 Å². The van der Waals surface area contributed by atoms with Crippen molar-refractivity contribution in [1.29, 1.82) is 0 Å². The van der Waals surface area contributed by atoms with Crippen LogP contribution in [-0.2, 0) is 6.54 Å². The van der Waals surface area contributed by atoms with Crippen LogP contribution >= 0.6 is 11.6 Å². The number of nitrogens with zero attached hydrogens (tertiary/aromatic N) is 2. The van der Waals surface area contributed by atoms with Crippen LogP contribution in [0.2, 0.25) is 5.02 Å². The minimum Gasteiger partial charge on any atom is -0.357 e. The summed E-state index contributed by atoms with van der Waals surface area (Å²) in [5, 5.41) is 4.19. The van der Waals surface area contributed by atoms with E-state index in [0.29, 0.717) is 5.92 Å². The van der Waals surface area contributed by atoms with Gasteiger partial charge in [-0.25, -0.2) is 4.98 Å². The van der Waals surface area contributed by atoms with Gasteiger partial charge < -0.3 is 10.2 Å². The van der Waals surface area contributed by atoms with Crippen LogP contribution in [0.1, 0.15) is 46.1 Å². The van der Waals surface area contributed by atoms with Gasteiger partial charge in [0.25, 0.3) is 0 Å². The zero-order valence-electron chi connectivity index (χ0n) is 13.2. The summed E-state index contributed by atoms with van der Waals surface area (Å²) < 4.78 is 0. The summed E-state index contributed by atoms with van der Waals surface area (Å²) in [5.74, 6) is 1.69. The van der Waals surface area contributed by atoms with Crippen molar-refractivity contribution in [2.24, 2.45) is 5.92 Å². The minimum absolute atomic E-state index is 0.645. The maximum Gasteiger partial charge on any atom is 0.128 e. The normalized spacial score (nSPS) is 11.1. The van der Waals surface area contributed by atoms with Gasteiger partial charge in [0, 0.05) is 25.8 Å². The van der Waals surface area contributed by atoms with E-state index in [2.05, 4.69) is 49.0 Å². The van der Waals surface area contributed by atoms with Crippen LogP contribution in [0.3, 0.4) is 0 Å². The number of pyridine rings is 1. The Labute approximate surface area is 128 Å². The fraction of sp³-hybridized carbons (Fsp3) is 0.688. The second-order valence-corrected chi connectivity index (χ2v) is 6.05. The first-order chi connectivity index (χ1) is 9.58. The molecule has 0 amide bonds. The average molecular weight is 298 g/mol. The summed E-state index contributed by atoms with van der Waals surface area (Å²) in [6, 6.07) is 2.13. The molecule has 1 aromatic heterocycles. The SMILES string of the molecule is CCCN(CCC)c1cc(CNCC(C)C)c(Cl)cn1. The molecule has 0 radical (unpaired) electrons. The number of halogens is 1. The van der Waals surface area contributed by atoms with Gasteiger partial charge in [0.05, 0.1) is 5.02 Å². The lowest BCUT2D eigenvalue weighted by atomic mass is 10.2. The molecular weight excluding hydrogens is 270 g/mol. The Morgan fingerprint density at radius 2 is 1.90 bits per heavy atom. The van der Waals surface area contributed by atoms with Crippen molar-refractivity contribution in [2.75, 3.05) is 24.5 Å². The molecular formula is C16H28ClN3. The monoisotopic (exact) mass is 297 g/mol. The number of hydrogen-bond acceptors (Lipinski definition) is 3. The maximum absolute atomic E-state index is 6.25. The largest absolute Gasteiger partial charge is 0.357 e. The standard InChI is InChI=1S/C16H28ClN3/c1-5-7-20(8-6-2)16-9-14(15(17)12-19-16)11-18-10-13(3)4/h9,12-13,18H,5-8,10-11H2,1-4H3. The van der Waals surface area contributed by atoms with Gasteiger partial charge in [-0.05, 0) is 36.9 Å². The van der Waals surface area contributed by atoms with Crippen LogP contribution in [-0.4, -0.2) is 24.6 Å². The lowest BCUT2D eigenvalue weighted by Crippen LogP contribution is -2.26. The van der Waals surface area contributed by atoms with Crippen molar-refractivity contribution in [2.45, 2.75) is 47.1 Å². The predicted octanol–water partition coefficient (Wildman–Crippen LogP) is 4.11. The molecule has 0 spiro atoms. The molecule has 1 heterocycles. The van der Waals surface area contributed by atoms with Crippen LogP contribution < -0.4 is 10.2 Å². The molecule has 0 aliphatic heterocycles. The molecule has 0 aromatic carbocycles. The van der Waals surface area contributed by atoms with Crippen LogP contribution in [0.25, 0.3) is 0 Å². The Bertz CT molecular complexity index is 387. The Morgan fingerprint density at radius 3 is 2.45 bits per heavy atom. The molecule has 0 aliphatic rings. The van der Waals surface area contributed by atoms with Crippen LogP contribution in [0.5, 0.6) is 0 Å². The fourth-order valence-corrected chi connectivity index (χ4v) is 2.32. The highest BCUT2D eigenvalue weighted by Gasteiger charge is 2.09. The molecule has 0 fully saturated rings. The quantitative estimate of drug-likeness (QED) is 0.743. The van der Waals surface area contributed by atoms with E-state index in [1.807, 2.05) is 0 Å². The van der Waals surface area contributed by atoms with E-state index in [-0.39, 0.29) is 0 Å². The molecule has 0 saturated heterocycles. The number of hydrogen-bond donors (Lipinski definition) is 1. The third-order valence-corrected chi connectivity index (χ3v) is 3.44. The van der Waals surface area contributed by atoms with E-state index in [4.69, 9.17) is 11.6 Å². The van der Waals surface area contributed by atoms with Gasteiger partial charge in [-0.15, -0.1) is 0 Å². The lowest BCUT2D eigenvalue weighted by molar-refractivity contribution is 0.552. The summed E-state index contributed by atoms with van der Waals surface area (Å²) in [6.45, 7) is 12.7.